The number of nitrogens with zero attached hydrogens (tertiary/aromatic N) is 2. The minimum absolute atomic E-state index is 0.0488. The van der Waals surface area contributed by atoms with Crippen LogP contribution in [-0.4, -0.2) is 63.3 Å². The number of thiocarbonyl (C=S) groups is 2. The molecule has 2 rings (SSSR count). The maximum absolute atomic E-state index is 12.5. The Bertz CT molecular complexity index is 539. The van der Waals surface area contributed by atoms with Crippen LogP contribution in [0.2, 0.25) is 0 Å². The molecular formula is C17H31N5OS2. The Hall–Kier alpha value is -0.990. The van der Waals surface area contributed by atoms with Gasteiger partial charge in [-0.25, -0.2) is 0 Å². The maximum atomic E-state index is 12.5. The van der Waals surface area contributed by atoms with Crippen LogP contribution in [-0.2, 0) is 4.79 Å². The second kappa shape index (κ2) is 8.14. The molecule has 25 heavy (non-hydrogen) atoms. The van der Waals surface area contributed by atoms with Crippen molar-refractivity contribution in [1.29, 1.82) is 0 Å². The molecule has 3 N–H and O–H groups in total. The number of carbonyl (C=O) groups is 1. The van der Waals surface area contributed by atoms with Gasteiger partial charge in [0.05, 0.1) is 0 Å². The van der Waals surface area contributed by atoms with Crippen molar-refractivity contribution in [3.05, 3.63) is 0 Å². The van der Waals surface area contributed by atoms with E-state index in [1.165, 1.54) is 0 Å². The molecule has 2 aliphatic heterocycles. The molecule has 1 unspecified atom stereocenters. The minimum atomic E-state index is -0.706. The molecular weight excluding hydrogens is 354 g/mol. The monoisotopic (exact) mass is 385 g/mol. The lowest BCUT2D eigenvalue weighted by Gasteiger charge is -2.56. The van der Waals surface area contributed by atoms with Crippen molar-refractivity contribution in [2.24, 2.45) is 0 Å². The van der Waals surface area contributed by atoms with Crippen LogP contribution in [0.25, 0.3) is 0 Å². The number of nitrogens with one attached hydrogen (secondary N) is 3. The normalized spacial score (nSPS) is 25.9. The first kappa shape index (κ1) is 20.3. The molecule has 2 fully saturated rings. The van der Waals surface area contributed by atoms with Gasteiger partial charge < -0.3 is 25.8 Å². The van der Waals surface area contributed by atoms with Crippen molar-refractivity contribution in [2.45, 2.75) is 64.6 Å². The van der Waals surface area contributed by atoms with Gasteiger partial charge in [0, 0.05) is 26.2 Å². The van der Waals surface area contributed by atoms with Gasteiger partial charge in [-0.15, -0.1) is 0 Å². The van der Waals surface area contributed by atoms with E-state index in [1.807, 2.05) is 20.8 Å². The Morgan fingerprint density at radius 3 is 2.60 bits per heavy atom. The third-order valence-electron chi connectivity index (χ3n) is 5.13. The van der Waals surface area contributed by atoms with E-state index in [-0.39, 0.29) is 5.91 Å². The lowest BCUT2D eigenvalue weighted by molar-refractivity contribution is -0.130. The van der Waals surface area contributed by atoms with Crippen molar-refractivity contribution >= 4 is 40.6 Å². The number of piperazine rings is 1. The zero-order valence-electron chi connectivity index (χ0n) is 15.8. The van der Waals surface area contributed by atoms with E-state index < -0.39 is 11.2 Å². The van der Waals surface area contributed by atoms with Gasteiger partial charge in [0.2, 0.25) is 0 Å². The number of carbonyl (C=O) groups excluding carboxylic acids is 1. The third-order valence-corrected chi connectivity index (χ3v) is 5.78. The molecule has 2 aliphatic rings. The van der Waals surface area contributed by atoms with E-state index in [1.54, 1.807) is 0 Å². The van der Waals surface area contributed by atoms with Crippen LogP contribution < -0.4 is 16.0 Å². The Labute approximate surface area is 162 Å². The second-order valence-corrected chi connectivity index (χ2v) is 8.03. The van der Waals surface area contributed by atoms with Crippen LogP contribution in [0.1, 0.15) is 53.4 Å². The van der Waals surface area contributed by atoms with E-state index in [0.717, 1.165) is 57.0 Å². The first-order chi connectivity index (χ1) is 11.8. The number of unbranched alkanes of at least 4 members (excludes halogenated alkanes) is 2. The zero-order valence-corrected chi connectivity index (χ0v) is 17.4. The average Bonchev–Trinajstić information content (AvgIpc) is 2.76. The van der Waals surface area contributed by atoms with Crippen molar-refractivity contribution in [3.8, 4) is 0 Å². The molecule has 2 saturated heterocycles. The van der Waals surface area contributed by atoms with E-state index in [4.69, 9.17) is 24.4 Å². The standard InChI is InChI=1S/C17H31N5OS2/c1-5-7-8-9-17(22-15(25)20-13(23)16(22,3)4)12-18-10-11-21(17)14(24)19-6-2/h18H,5-12H2,1-4H3,(H,19,24)(H,20,23,25). The van der Waals surface area contributed by atoms with Crippen molar-refractivity contribution in [2.75, 3.05) is 26.2 Å². The molecule has 0 spiro atoms. The first-order valence-electron chi connectivity index (χ1n) is 9.23. The molecule has 0 aromatic heterocycles. The molecule has 0 radical (unpaired) electrons. The summed E-state index contributed by atoms with van der Waals surface area (Å²) in [5, 5.41) is 10.9. The third kappa shape index (κ3) is 3.75. The summed E-state index contributed by atoms with van der Waals surface area (Å²) in [6, 6.07) is 0. The van der Waals surface area contributed by atoms with Gasteiger partial charge in [-0.1, -0.05) is 19.8 Å². The molecule has 1 atom stereocenters. The summed E-state index contributed by atoms with van der Waals surface area (Å²) in [5.41, 5.74) is -1.14. The van der Waals surface area contributed by atoms with E-state index in [0.29, 0.717) is 5.11 Å². The van der Waals surface area contributed by atoms with E-state index in [2.05, 4.69) is 32.7 Å². The largest absolute Gasteiger partial charge is 0.363 e. The molecule has 0 aromatic rings. The molecule has 142 valence electrons. The molecule has 0 saturated carbocycles. The zero-order chi connectivity index (χ0) is 18.7. The fourth-order valence-electron chi connectivity index (χ4n) is 3.88. The Morgan fingerprint density at radius 2 is 2.04 bits per heavy atom. The summed E-state index contributed by atoms with van der Waals surface area (Å²) in [6.45, 7) is 11.3. The van der Waals surface area contributed by atoms with Crippen LogP contribution in [0.4, 0.5) is 0 Å². The van der Waals surface area contributed by atoms with Gasteiger partial charge in [-0.2, -0.15) is 0 Å². The SMILES string of the molecule is CCCCCC1(N2C(=S)NC(=O)C2(C)C)CNCCN1C(=S)NCC. The lowest BCUT2D eigenvalue weighted by Crippen LogP contribution is -2.75. The second-order valence-electron chi connectivity index (χ2n) is 7.26. The predicted molar refractivity (Wildman–Crippen MR) is 109 cm³/mol. The smallest absolute Gasteiger partial charge is 0.251 e. The van der Waals surface area contributed by atoms with Crippen LogP contribution in [0, 0.1) is 0 Å². The molecule has 0 bridgehead atoms. The summed E-state index contributed by atoms with van der Waals surface area (Å²) in [6.07, 6.45) is 4.25. The Kier molecular flexibility index (Phi) is 6.62. The van der Waals surface area contributed by atoms with Crippen molar-refractivity contribution in [3.63, 3.8) is 0 Å². The molecule has 8 heteroatoms. The van der Waals surface area contributed by atoms with Gasteiger partial charge in [0.25, 0.3) is 5.91 Å². The summed E-state index contributed by atoms with van der Waals surface area (Å²) in [4.78, 5) is 16.8. The van der Waals surface area contributed by atoms with E-state index in [9.17, 15) is 4.79 Å². The number of rotatable bonds is 6. The average molecular weight is 386 g/mol. The van der Waals surface area contributed by atoms with Gasteiger partial charge in [0.1, 0.15) is 11.2 Å². The summed E-state index contributed by atoms with van der Waals surface area (Å²) in [7, 11) is 0. The molecule has 6 nitrogen and oxygen atoms in total. The van der Waals surface area contributed by atoms with Gasteiger partial charge >= 0.3 is 0 Å². The van der Waals surface area contributed by atoms with Crippen molar-refractivity contribution < 1.29 is 4.79 Å². The van der Waals surface area contributed by atoms with Gasteiger partial charge in [-0.05, 0) is 58.0 Å². The van der Waals surface area contributed by atoms with Crippen LogP contribution in [0.15, 0.2) is 0 Å². The summed E-state index contributed by atoms with van der Waals surface area (Å²) < 4.78 is 0. The van der Waals surface area contributed by atoms with E-state index >= 15 is 0 Å². The summed E-state index contributed by atoms with van der Waals surface area (Å²) in [5.74, 6) is -0.0488. The fourth-order valence-corrected chi connectivity index (χ4v) is 4.78. The molecule has 0 aliphatic carbocycles. The topological polar surface area (TPSA) is 59.6 Å². The highest BCUT2D eigenvalue weighted by atomic mass is 32.1. The maximum Gasteiger partial charge on any atom is 0.251 e. The number of hydrogen-bond donors (Lipinski definition) is 3. The minimum Gasteiger partial charge on any atom is -0.363 e. The van der Waals surface area contributed by atoms with Crippen LogP contribution in [0.3, 0.4) is 0 Å². The first-order valence-corrected chi connectivity index (χ1v) is 10.0. The van der Waals surface area contributed by atoms with Crippen LogP contribution in [0.5, 0.6) is 0 Å². The molecule has 1 amide bonds. The predicted octanol–water partition coefficient (Wildman–Crippen LogP) is 1.56. The summed E-state index contributed by atoms with van der Waals surface area (Å²) >= 11 is 11.3. The Morgan fingerprint density at radius 1 is 1.32 bits per heavy atom. The van der Waals surface area contributed by atoms with Gasteiger partial charge in [0.15, 0.2) is 10.2 Å². The fraction of sp³-hybridized carbons (Fsp3) is 0.824. The highest BCUT2D eigenvalue weighted by molar-refractivity contribution is 7.80. The number of hydrogen-bond acceptors (Lipinski definition) is 4. The molecule has 0 aromatic carbocycles. The highest BCUT2D eigenvalue weighted by Crippen LogP contribution is 2.37. The lowest BCUT2D eigenvalue weighted by atomic mass is 9.90. The van der Waals surface area contributed by atoms with Crippen molar-refractivity contribution in [1.82, 2.24) is 25.8 Å². The van der Waals surface area contributed by atoms with Gasteiger partial charge in [-0.3, -0.25) is 4.79 Å². The Balaban J connectivity index is 2.46. The quantitative estimate of drug-likeness (QED) is 0.474. The highest BCUT2D eigenvalue weighted by Gasteiger charge is 2.56. The molecule has 2 heterocycles. The van der Waals surface area contributed by atoms with Crippen LogP contribution >= 0.6 is 24.4 Å². The number of amides is 1.